The van der Waals surface area contributed by atoms with E-state index >= 15 is 0 Å². The average Bonchev–Trinajstić information content (AvgIpc) is 3.02. The largest absolute Gasteiger partial charge is 0.393 e. The van der Waals surface area contributed by atoms with Gasteiger partial charge in [0.15, 0.2) is 0 Å². The summed E-state index contributed by atoms with van der Waals surface area (Å²) in [6.45, 7) is 2.56. The van der Waals surface area contributed by atoms with Gasteiger partial charge >= 0.3 is 0 Å². The Hall–Kier alpha value is -1.39. The lowest BCUT2D eigenvalue weighted by Gasteiger charge is -2.28. The highest BCUT2D eigenvalue weighted by molar-refractivity contribution is 5.82. The summed E-state index contributed by atoms with van der Waals surface area (Å²) in [6.07, 6.45) is 5.81. The predicted octanol–water partition coefficient (Wildman–Crippen LogP) is 2.32. The van der Waals surface area contributed by atoms with Crippen LogP contribution in [0.15, 0.2) is 30.3 Å². The molecule has 4 nitrogen and oxygen atoms in total. The molecule has 1 amide bonds. The molecule has 0 aromatic heterocycles. The molecule has 0 bridgehead atoms. The van der Waals surface area contributed by atoms with Crippen molar-refractivity contribution in [1.29, 1.82) is 0 Å². The Kier molecular flexibility index (Phi) is 5.68. The van der Waals surface area contributed by atoms with Crippen LogP contribution in [0.4, 0.5) is 0 Å². The maximum atomic E-state index is 12.6. The van der Waals surface area contributed by atoms with E-state index in [0.29, 0.717) is 12.5 Å². The Morgan fingerprint density at radius 1 is 1.17 bits per heavy atom. The quantitative estimate of drug-likeness (QED) is 0.876. The average molecular weight is 316 g/mol. The molecule has 1 saturated heterocycles. The highest BCUT2D eigenvalue weighted by Crippen LogP contribution is 2.24. The molecule has 1 aliphatic heterocycles. The van der Waals surface area contributed by atoms with E-state index in [0.717, 1.165) is 51.6 Å². The van der Waals surface area contributed by atoms with Crippen molar-refractivity contribution in [2.75, 3.05) is 13.1 Å². The van der Waals surface area contributed by atoms with Gasteiger partial charge in [-0.05, 0) is 50.1 Å². The third-order valence-corrected chi connectivity index (χ3v) is 5.21. The zero-order chi connectivity index (χ0) is 16.1. The van der Waals surface area contributed by atoms with Crippen molar-refractivity contribution < 1.29 is 9.90 Å². The highest BCUT2D eigenvalue weighted by Gasteiger charge is 2.31. The molecule has 0 radical (unpaired) electrons. The van der Waals surface area contributed by atoms with E-state index in [4.69, 9.17) is 0 Å². The number of hydrogen-bond donors (Lipinski definition) is 2. The smallest absolute Gasteiger partial charge is 0.237 e. The standard InChI is InChI=1S/C19H28N2O2/c22-17-9-4-8-16(12-17)13-20-19(23)18-10-5-11-21(18)14-15-6-2-1-3-7-15/h1-3,6-7,16-18,22H,4-5,8-14H2,(H,20,23)/t16-,17+,18+/m1/s1. The fourth-order valence-electron chi connectivity index (χ4n) is 3.94. The number of likely N-dealkylation sites (tertiary alicyclic amines) is 1. The molecule has 3 rings (SSSR count). The van der Waals surface area contributed by atoms with E-state index in [-0.39, 0.29) is 18.1 Å². The van der Waals surface area contributed by atoms with Gasteiger partial charge in [-0.1, -0.05) is 36.8 Å². The monoisotopic (exact) mass is 316 g/mol. The summed E-state index contributed by atoms with van der Waals surface area (Å²) >= 11 is 0. The second-order valence-corrected chi connectivity index (χ2v) is 7.05. The Morgan fingerprint density at radius 3 is 2.78 bits per heavy atom. The number of carbonyl (C=O) groups excluding carboxylic acids is 1. The number of nitrogens with zero attached hydrogens (tertiary/aromatic N) is 1. The van der Waals surface area contributed by atoms with Gasteiger partial charge in [0.2, 0.25) is 5.91 Å². The summed E-state index contributed by atoms with van der Waals surface area (Å²) in [7, 11) is 0. The summed E-state index contributed by atoms with van der Waals surface area (Å²) in [6, 6.07) is 10.4. The third-order valence-electron chi connectivity index (χ3n) is 5.21. The minimum Gasteiger partial charge on any atom is -0.393 e. The molecule has 2 fully saturated rings. The van der Waals surface area contributed by atoms with Gasteiger partial charge in [0.05, 0.1) is 12.1 Å². The minimum atomic E-state index is -0.174. The summed E-state index contributed by atoms with van der Waals surface area (Å²) in [4.78, 5) is 14.8. The van der Waals surface area contributed by atoms with Crippen molar-refractivity contribution in [3.63, 3.8) is 0 Å². The topological polar surface area (TPSA) is 52.6 Å². The number of aliphatic hydroxyl groups excluding tert-OH is 1. The summed E-state index contributed by atoms with van der Waals surface area (Å²) < 4.78 is 0. The van der Waals surface area contributed by atoms with Gasteiger partial charge in [-0.3, -0.25) is 9.69 Å². The first-order valence-corrected chi connectivity index (χ1v) is 8.96. The normalized spacial score (nSPS) is 28.7. The Morgan fingerprint density at radius 2 is 2.00 bits per heavy atom. The minimum absolute atomic E-state index is 0.00344. The molecule has 23 heavy (non-hydrogen) atoms. The molecule has 1 aromatic carbocycles. The zero-order valence-corrected chi connectivity index (χ0v) is 13.8. The molecule has 126 valence electrons. The van der Waals surface area contributed by atoms with Crippen molar-refractivity contribution in [1.82, 2.24) is 10.2 Å². The van der Waals surface area contributed by atoms with Crippen LogP contribution < -0.4 is 5.32 Å². The van der Waals surface area contributed by atoms with Crippen molar-refractivity contribution in [2.45, 2.75) is 57.2 Å². The Labute approximate surface area is 138 Å². The molecule has 0 unspecified atom stereocenters. The number of carbonyl (C=O) groups is 1. The van der Waals surface area contributed by atoms with Crippen LogP contribution in [-0.4, -0.2) is 41.1 Å². The molecule has 4 heteroatoms. The van der Waals surface area contributed by atoms with Gasteiger partial charge in [-0.15, -0.1) is 0 Å². The van der Waals surface area contributed by atoms with Gasteiger partial charge in [-0.2, -0.15) is 0 Å². The molecule has 1 aliphatic carbocycles. The van der Waals surface area contributed by atoms with Crippen LogP contribution >= 0.6 is 0 Å². The van der Waals surface area contributed by atoms with Gasteiger partial charge in [0, 0.05) is 13.1 Å². The molecular weight excluding hydrogens is 288 g/mol. The number of amides is 1. The fraction of sp³-hybridized carbons (Fsp3) is 0.632. The number of benzene rings is 1. The third kappa shape index (κ3) is 4.55. The molecule has 2 N–H and O–H groups in total. The number of aliphatic hydroxyl groups is 1. The highest BCUT2D eigenvalue weighted by atomic mass is 16.3. The van der Waals surface area contributed by atoms with Gasteiger partial charge in [0.25, 0.3) is 0 Å². The predicted molar refractivity (Wildman–Crippen MR) is 90.8 cm³/mol. The fourth-order valence-corrected chi connectivity index (χ4v) is 3.94. The van der Waals surface area contributed by atoms with Crippen molar-refractivity contribution >= 4 is 5.91 Å². The Bertz CT molecular complexity index is 505. The lowest BCUT2D eigenvalue weighted by atomic mass is 9.87. The number of hydrogen-bond acceptors (Lipinski definition) is 3. The first kappa shape index (κ1) is 16.5. The van der Waals surface area contributed by atoms with Crippen LogP contribution in [0.5, 0.6) is 0 Å². The Balaban J connectivity index is 1.49. The lowest BCUT2D eigenvalue weighted by Crippen LogP contribution is -2.44. The lowest BCUT2D eigenvalue weighted by molar-refractivity contribution is -0.126. The van der Waals surface area contributed by atoms with E-state index in [9.17, 15) is 9.90 Å². The van der Waals surface area contributed by atoms with E-state index in [1.54, 1.807) is 0 Å². The van der Waals surface area contributed by atoms with Gasteiger partial charge in [0.1, 0.15) is 0 Å². The molecule has 2 aliphatic rings. The molecule has 0 spiro atoms. The maximum absolute atomic E-state index is 12.6. The van der Waals surface area contributed by atoms with Crippen molar-refractivity contribution in [3.8, 4) is 0 Å². The van der Waals surface area contributed by atoms with E-state index < -0.39 is 0 Å². The van der Waals surface area contributed by atoms with Gasteiger partial charge in [-0.25, -0.2) is 0 Å². The van der Waals surface area contributed by atoms with Crippen LogP contribution in [0.2, 0.25) is 0 Å². The second kappa shape index (κ2) is 7.93. The summed E-state index contributed by atoms with van der Waals surface area (Å²) in [5.74, 6) is 0.602. The summed E-state index contributed by atoms with van der Waals surface area (Å²) in [5.41, 5.74) is 1.27. The van der Waals surface area contributed by atoms with Crippen LogP contribution in [0.1, 0.15) is 44.1 Å². The molecular formula is C19H28N2O2. The second-order valence-electron chi connectivity index (χ2n) is 7.05. The van der Waals surface area contributed by atoms with Crippen molar-refractivity contribution in [2.24, 2.45) is 5.92 Å². The number of nitrogens with one attached hydrogen (secondary N) is 1. The van der Waals surface area contributed by atoms with Crippen LogP contribution in [0.3, 0.4) is 0 Å². The van der Waals surface area contributed by atoms with E-state index in [2.05, 4.69) is 34.5 Å². The zero-order valence-electron chi connectivity index (χ0n) is 13.8. The number of rotatable bonds is 5. The van der Waals surface area contributed by atoms with Crippen LogP contribution in [0, 0.1) is 5.92 Å². The van der Waals surface area contributed by atoms with Crippen LogP contribution in [0.25, 0.3) is 0 Å². The molecule has 1 saturated carbocycles. The summed E-state index contributed by atoms with van der Waals surface area (Å²) in [5, 5.41) is 12.9. The molecule has 1 heterocycles. The first-order chi connectivity index (χ1) is 11.2. The SMILES string of the molecule is O=C(NC[C@@H]1CCC[C@H](O)C1)[C@@H]1CCCN1Cc1ccccc1. The van der Waals surface area contributed by atoms with Gasteiger partial charge < -0.3 is 10.4 Å². The first-order valence-electron chi connectivity index (χ1n) is 8.96. The molecule has 3 atom stereocenters. The molecule has 1 aromatic rings. The van der Waals surface area contributed by atoms with E-state index in [1.807, 2.05) is 6.07 Å². The van der Waals surface area contributed by atoms with Crippen LogP contribution in [-0.2, 0) is 11.3 Å². The van der Waals surface area contributed by atoms with Crippen molar-refractivity contribution in [3.05, 3.63) is 35.9 Å². The maximum Gasteiger partial charge on any atom is 0.237 e. The van der Waals surface area contributed by atoms with E-state index in [1.165, 1.54) is 5.56 Å².